The first-order chi connectivity index (χ1) is 17.8. The lowest BCUT2D eigenvalue weighted by Gasteiger charge is -2.32. The molecule has 1 saturated heterocycles. The molecule has 3 aromatic carbocycles. The van der Waals surface area contributed by atoms with Gasteiger partial charge in [-0.05, 0) is 52.9 Å². The van der Waals surface area contributed by atoms with Crippen molar-refractivity contribution in [2.75, 3.05) is 26.2 Å². The lowest BCUT2D eigenvalue weighted by atomic mass is 9.93. The first kappa shape index (κ1) is 24.7. The van der Waals surface area contributed by atoms with Gasteiger partial charge >= 0.3 is 5.97 Å². The average Bonchev–Trinajstić information content (AvgIpc) is 3.36. The van der Waals surface area contributed by atoms with Crippen LogP contribution in [0.25, 0.3) is 22.0 Å². The van der Waals surface area contributed by atoms with Crippen molar-refractivity contribution < 1.29 is 18.3 Å². The molecule has 0 bridgehead atoms. The van der Waals surface area contributed by atoms with E-state index in [1.54, 1.807) is 12.1 Å². The minimum Gasteiger partial charge on any atom is -0.478 e. The van der Waals surface area contributed by atoms with Gasteiger partial charge in [0.1, 0.15) is 0 Å². The predicted molar refractivity (Wildman–Crippen MR) is 143 cm³/mol. The van der Waals surface area contributed by atoms with Crippen LogP contribution in [0.4, 0.5) is 0 Å². The predicted octanol–water partition coefficient (Wildman–Crippen LogP) is 3.25. The number of aromatic nitrogens is 1. The number of hydrogen-bond acceptors (Lipinski definition) is 4. The van der Waals surface area contributed by atoms with Crippen molar-refractivity contribution in [1.82, 2.24) is 14.2 Å². The number of aromatic carboxylic acids is 1. The van der Waals surface area contributed by atoms with Crippen LogP contribution in [0.3, 0.4) is 0 Å². The van der Waals surface area contributed by atoms with E-state index >= 15 is 0 Å². The number of fused-ring (bicyclic) bond motifs is 1. The number of rotatable bonds is 5. The second-order valence-electron chi connectivity index (χ2n) is 8.98. The van der Waals surface area contributed by atoms with Gasteiger partial charge in [0.05, 0.1) is 5.56 Å². The molecule has 188 valence electrons. The Kier molecular flexibility index (Phi) is 6.82. The number of hydrogen-bond donors (Lipinski definition) is 3. The van der Waals surface area contributed by atoms with Gasteiger partial charge in [-0.2, -0.15) is 12.7 Å². The third kappa shape index (κ3) is 5.58. The Morgan fingerprint density at radius 3 is 2.43 bits per heavy atom. The van der Waals surface area contributed by atoms with Gasteiger partial charge in [0.25, 0.3) is 10.2 Å². The Morgan fingerprint density at radius 2 is 1.73 bits per heavy atom. The molecular formula is C28H26N4O4S. The molecule has 0 saturated carbocycles. The molecule has 0 radical (unpaired) electrons. The average molecular weight is 515 g/mol. The summed E-state index contributed by atoms with van der Waals surface area (Å²) in [6.45, 7) is 2.72. The molecular weight excluding hydrogens is 488 g/mol. The topological polar surface area (TPSA) is 120 Å². The van der Waals surface area contributed by atoms with Crippen molar-refractivity contribution >= 4 is 27.1 Å². The van der Waals surface area contributed by atoms with Gasteiger partial charge in [0.15, 0.2) is 0 Å². The van der Waals surface area contributed by atoms with E-state index in [0.717, 1.165) is 27.6 Å². The first-order valence-corrected chi connectivity index (χ1v) is 13.3. The SMILES string of the molecule is NS(=O)(=O)N1CCN(Cc2ccc(C#Cc3cccc(C(=O)O)c3-c3ccc4cc[nH]c4c3)cc2)CC1. The van der Waals surface area contributed by atoms with E-state index < -0.39 is 16.2 Å². The molecule has 0 atom stereocenters. The van der Waals surface area contributed by atoms with Crippen molar-refractivity contribution in [3.05, 3.63) is 95.2 Å². The molecule has 5 rings (SSSR count). The van der Waals surface area contributed by atoms with Crippen molar-refractivity contribution in [3.8, 4) is 23.0 Å². The Balaban J connectivity index is 1.36. The zero-order valence-corrected chi connectivity index (χ0v) is 20.8. The number of piperazine rings is 1. The molecule has 1 aliphatic rings. The van der Waals surface area contributed by atoms with Gasteiger partial charge in [0.2, 0.25) is 0 Å². The summed E-state index contributed by atoms with van der Waals surface area (Å²) in [6.07, 6.45) is 1.85. The zero-order valence-electron chi connectivity index (χ0n) is 20.0. The molecule has 1 aliphatic heterocycles. The Hall–Kier alpha value is -3.94. The summed E-state index contributed by atoms with van der Waals surface area (Å²) in [4.78, 5) is 17.4. The first-order valence-electron chi connectivity index (χ1n) is 11.8. The number of nitrogens with one attached hydrogen (secondary N) is 1. The number of H-pyrrole nitrogens is 1. The summed E-state index contributed by atoms with van der Waals surface area (Å²) >= 11 is 0. The third-order valence-corrected chi connectivity index (χ3v) is 7.62. The number of nitrogens with zero attached hydrogens (tertiary/aromatic N) is 2. The second-order valence-corrected chi connectivity index (χ2v) is 10.5. The summed E-state index contributed by atoms with van der Waals surface area (Å²) in [5.41, 5.74) is 5.07. The number of carboxylic acids is 1. The van der Waals surface area contributed by atoms with Crippen LogP contribution in [0.15, 0.2) is 72.9 Å². The summed E-state index contributed by atoms with van der Waals surface area (Å²) < 4.78 is 24.3. The van der Waals surface area contributed by atoms with Gasteiger partial charge in [-0.15, -0.1) is 0 Å². The number of aromatic amines is 1. The van der Waals surface area contributed by atoms with E-state index in [0.29, 0.717) is 43.9 Å². The van der Waals surface area contributed by atoms with Crippen molar-refractivity contribution in [2.24, 2.45) is 5.14 Å². The van der Waals surface area contributed by atoms with Crippen molar-refractivity contribution in [2.45, 2.75) is 6.54 Å². The molecule has 1 fully saturated rings. The maximum Gasteiger partial charge on any atom is 0.336 e. The molecule has 0 aliphatic carbocycles. The Bertz CT molecular complexity index is 1620. The fourth-order valence-electron chi connectivity index (χ4n) is 4.58. The molecule has 0 unspecified atom stereocenters. The molecule has 8 nitrogen and oxygen atoms in total. The molecule has 9 heteroatoms. The summed E-state index contributed by atoms with van der Waals surface area (Å²) in [5.74, 6) is 5.35. The molecule has 2 heterocycles. The van der Waals surface area contributed by atoms with Crippen molar-refractivity contribution in [3.63, 3.8) is 0 Å². The van der Waals surface area contributed by atoms with Crippen LogP contribution in [0, 0.1) is 11.8 Å². The van der Waals surface area contributed by atoms with Crippen LogP contribution >= 0.6 is 0 Å². The highest BCUT2D eigenvalue weighted by molar-refractivity contribution is 7.86. The van der Waals surface area contributed by atoms with Crippen LogP contribution in [-0.2, 0) is 16.8 Å². The van der Waals surface area contributed by atoms with Crippen LogP contribution in [0.2, 0.25) is 0 Å². The lowest BCUT2D eigenvalue weighted by molar-refractivity contribution is 0.0697. The molecule has 4 aromatic rings. The second kappa shape index (κ2) is 10.2. The molecule has 1 aromatic heterocycles. The third-order valence-electron chi connectivity index (χ3n) is 6.53. The van der Waals surface area contributed by atoms with Gasteiger partial charge < -0.3 is 10.1 Å². The molecule has 4 N–H and O–H groups in total. The fourth-order valence-corrected chi connectivity index (χ4v) is 5.25. The highest BCUT2D eigenvalue weighted by Gasteiger charge is 2.23. The van der Waals surface area contributed by atoms with Gasteiger partial charge in [0, 0.05) is 61.1 Å². The van der Waals surface area contributed by atoms with E-state index in [9.17, 15) is 18.3 Å². The molecule has 0 amide bonds. The van der Waals surface area contributed by atoms with Gasteiger partial charge in [-0.1, -0.05) is 42.2 Å². The van der Waals surface area contributed by atoms with E-state index in [1.165, 1.54) is 4.31 Å². The van der Waals surface area contributed by atoms with Crippen molar-refractivity contribution in [1.29, 1.82) is 0 Å². The Labute approximate surface area is 215 Å². The quantitative estimate of drug-likeness (QED) is 0.353. The summed E-state index contributed by atoms with van der Waals surface area (Å²) in [7, 11) is -3.64. The maximum atomic E-state index is 12.0. The van der Waals surface area contributed by atoms with E-state index in [-0.39, 0.29) is 5.56 Å². The van der Waals surface area contributed by atoms with E-state index in [1.807, 2.05) is 60.8 Å². The van der Waals surface area contributed by atoms with Crippen LogP contribution in [0.1, 0.15) is 27.0 Å². The largest absolute Gasteiger partial charge is 0.478 e. The highest BCUT2D eigenvalue weighted by atomic mass is 32.2. The van der Waals surface area contributed by atoms with Gasteiger partial charge in [-0.3, -0.25) is 4.90 Å². The maximum absolute atomic E-state index is 12.0. The molecule has 0 spiro atoms. The minimum absolute atomic E-state index is 0.204. The lowest BCUT2D eigenvalue weighted by Crippen LogP contribution is -2.50. The summed E-state index contributed by atoms with van der Waals surface area (Å²) in [6, 6.07) is 20.8. The number of nitrogens with two attached hydrogens (primary N) is 1. The number of carbonyl (C=O) groups is 1. The van der Waals surface area contributed by atoms with Crippen LogP contribution in [0.5, 0.6) is 0 Å². The minimum atomic E-state index is -3.64. The van der Waals surface area contributed by atoms with Crippen LogP contribution in [-0.4, -0.2) is 59.9 Å². The standard InChI is InChI=1S/C28H26N4O4S/c29-37(35,36)32-16-14-31(15-17-32)19-21-6-4-20(5-7-21)8-9-23-2-1-3-25(28(33)34)27(23)24-11-10-22-12-13-30-26(22)18-24/h1-7,10-13,18,30H,14-17,19H2,(H,33,34)(H2,29,35,36). The van der Waals surface area contributed by atoms with E-state index in [4.69, 9.17) is 5.14 Å². The number of benzene rings is 3. The Morgan fingerprint density at radius 1 is 0.973 bits per heavy atom. The van der Waals surface area contributed by atoms with Gasteiger partial charge in [-0.25, -0.2) is 9.93 Å². The molecule has 37 heavy (non-hydrogen) atoms. The zero-order chi connectivity index (χ0) is 26.0. The van der Waals surface area contributed by atoms with Crippen LogP contribution < -0.4 is 5.14 Å². The van der Waals surface area contributed by atoms with E-state index in [2.05, 4.69) is 21.7 Å². The smallest absolute Gasteiger partial charge is 0.336 e. The monoisotopic (exact) mass is 514 g/mol. The highest BCUT2D eigenvalue weighted by Crippen LogP contribution is 2.30. The fraction of sp³-hybridized carbons (Fsp3) is 0.179. The summed E-state index contributed by atoms with van der Waals surface area (Å²) in [5, 5.41) is 16.1. The number of carboxylic acid groups (broad SMARTS) is 1. The normalized spacial score (nSPS) is 14.8.